The summed E-state index contributed by atoms with van der Waals surface area (Å²) < 4.78 is 22.8. The molecule has 0 bridgehead atoms. The molecule has 5 nitrogen and oxygen atoms in total. The van der Waals surface area contributed by atoms with E-state index in [4.69, 9.17) is 0 Å². The van der Waals surface area contributed by atoms with Crippen molar-refractivity contribution < 1.29 is 13.2 Å². The molecular formula is C14H16N2O3S. The molecule has 0 aliphatic carbocycles. The van der Waals surface area contributed by atoms with Gasteiger partial charge in [0.1, 0.15) is 5.69 Å². The molecule has 0 saturated carbocycles. The number of hydrogen-bond acceptors (Lipinski definition) is 3. The molecule has 1 saturated heterocycles. The third-order valence-corrected chi connectivity index (χ3v) is 5.36. The molecule has 0 spiro atoms. The number of fused-ring (bicyclic) bond motifs is 1. The van der Waals surface area contributed by atoms with Crippen LogP contribution in [0.1, 0.15) is 22.5 Å². The zero-order valence-electron chi connectivity index (χ0n) is 11.1. The van der Waals surface area contributed by atoms with Crippen LogP contribution in [0.15, 0.2) is 24.3 Å². The summed E-state index contributed by atoms with van der Waals surface area (Å²) in [5, 5.41) is 3.76. The minimum absolute atomic E-state index is 0.0398. The highest BCUT2D eigenvalue weighted by Gasteiger charge is 2.29. The molecule has 2 aromatic rings. The Balaban J connectivity index is 1.79. The fourth-order valence-corrected chi connectivity index (χ4v) is 4.22. The van der Waals surface area contributed by atoms with E-state index < -0.39 is 9.84 Å². The second kappa shape index (κ2) is 4.63. The average Bonchev–Trinajstić information content (AvgIpc) is 2.92. The number of amides is 1. The van der Waals surface area contributed by atoms with Gasteiger partial charge in [0.25, 0.3) is 5.91 Å². The van der Waals surface area contributed by atoms with Crippen molar-refractivity contribution in [3.63, 3.8) is 0 Å². The highest BCUT2D eigenvalue weighted by Crippen LogP contribution is 2.18. The third kappa shape index (κ3) is 2.56. The number of benzene rings is 1. The molecule has 2 N–H and O–H groups in total. The molecule has 1 aliphatic heterocycles. The van der Waals surface area contributed by atoms with Gasteiger partial charge in [0, 0.05) is 16.9 Å². The van der Waals surface area contributed by atoms with Crippen LogP contribution in [0.4, 0.5) is 0 Å². The molecule has 1 aromatic carbocycles. The van der Waals surface area contributed by atoms with E-state index in [0.717, 1.165) is 16.5 Å². The summed E-state index contributed by atoms with van der Waals surface area (Å²) in [6.45, 7) is 2.00. The predicted octanol–water partition coefficient (Wildman–Crippen LogP) is 1.39. The van der Waals surface area contributed by atoms with E-state index in [9.17, 15) is 13.2 Å². The van der Waals surface area contributed by atoms with Crippen LogP contribution in [-0.4, -0.2) is 36.9 Å². The van der Waals surface area contributed by atoms with E-state index in [2.05, 4.69) is 10.3 Å². The van der Waals surface area contributed by atoms with Crippen molar-refractivity contribution in [1.82, 2.24) is 10.3 Å². The van der Waals surface area contributed by atoms with E-state index in [-0.39, 0.29) is 23.5 Å². The molecule has 1 aromatic heterocycles. The number of carbonyl (C=O) groups excluding carboxylic acids is 1. The van der Waals surface area contributed by atoms with Crippen molar-refractivity contribution in [3.05, 3.63) is 35.5 Å². The van der Waals surface area contributed by atoms with Gasteiger partial charge in [-0.05, 0) is 31.5 Å². The maximum Gasteiger partial charge on any atom is 0.267 e. The summed E-state index contributed by atoms with van der Waals surface area (Å²) in [5.41, 5.74) is 2.50. The maximum absolute atomic E-state index is 12.1. The van der Waals surface area contributed by atoms with Crippen molar-refractivity contribution in [2.75, 3.05) is 11.5 Å². The standard InChI is InChI=1S/C14H16N2O3S/c1-9-2-3-12-10(6-9)7-13(16-12)14(17)15-11-4-5-20(18,19)8-11/h2-3,6-7,11,16H,4-5,8H2,1H3,(H,15,17). The van der Waals surface area contributed by atoms with Crippen LogP contribution >= 0.6 is 0 Å². The van der Waals surface area contributed by atoms with Crippen molar-refractivity contribution in [3.8, 4) is 0 Å². The number of H-pyrrole nitrogens is 1. The Kier molecular flexibility index (Phi) is 3.05. The summed E-state index contributed by atoms with van der Waals surface area (Å²) in [4.78, 5) is 15.2. The monoisotopic (exact) mass is 292 g/mol. The van der Waals surface area contributed by atoms with Crippen molar-refractivity contribution >= 4 is 26.6 Å². The zero-order valence-corrected chi connectivity index (χ0v) is 12.0. The molecule has 1 fully saturated rings. The van der Waals surface area contributed by atoms with Gasteiger partial charge in [-0.3, -0.25) is 4.79 Å². The van der Waals surface area contributed by atoms with E-state index in [0.29, 0.717) is 12.1 Å². The molecule has 1 amide bonds. The smallest absolute Gasteiger partial charge is 0.267 e. The highest BCUT2D eigenvalue weighted by molar-refractivity contribution is 7.91. The normalized spacial score (nSPS) is 21.1. The highest BCUT2D eigenvalue weighted by atomic mass is 32.2. The van der Waals surface area contributed by atoms with E-state index in [1.807, 2.05) is 25.1 Å². The molecule has 1 atom stereocenters. The lowest BCUT2D eigenvalue weighted by molar-refractivity contribution is 0.0937. The molecule has 6 heteroatoms. The number of aromatic amines is 1. The van der Waals surface area contributed by atoms with Crippen LogP contribution in [0.2, 0.25) is 0 Å². The zero-order chi connectivity index (χ0) is 14.3. The number of rotatable bonds is 2. The Labute approximate surface area is 117 Å². The average molecular weight is 292 g/mol. The second-order valence-electron chi connectivity index (χ2n) is 5.35. The van der Waals surface area contributed by atoms with Crippen LogP contribution in [-0.2, 0) is 9.84 Å². The van der Waals surface area contributed by atoms with Crippen LogP contribution in [0.3, 0.4) is 0 Å². The number of carbonyl (C=O) groups is 1. The quantitative estimate of drug-likeness (QED) is 0.878. The number of nitrogens with one attached hydrogen (secondary N) is 2. The Morgan fingerprint density at radius 3 is 2.85 bits per heavy atom. The first-order valence-electron chi connectivity index (χ1n) is 6.54. The van der Waals surface area contributed by atoms with Crippen molar-refractivity contribution in [1.29, 1.82) is 0 Å². The number of aryl methyl sites for hydroxylation is 1. The maximum atomic E-state index is 12.1. The number of sulfone groups is 1. The first kappa shape index (κ1) is 13.2. The van der Waals surface area contributed by atoms with E-state index in [1.54, 1.807) is 6.07 Å². The largest absolute Gasteiger partial charge is 0.351 e. The molecule has 2 heterocycles. The molecule has 1 aliphatic rings. The number of hydrogen-bond donors (Lipinski definition) is 2. The van der Waals surface area contributed by atoms with E-state index in [1.165, 1.54) is 0 Å². The van der Waals surface area contributed by atoms with Gasteiger partial charge < -0.3 is 10.3 Å². The van der Waals surface area contributed by atoms with Gasteiger partial charge in [-0.1, -0.05) is 11.6 Å². The fourth-order valence-electron chi connectivity index (χ4n) is 2.55. The lowest BCUT2D eigenvalue weighted by Gasteiger charge is -2.09. The van der Waals surface area contributed by atoms with Crippen molar-refractivity contribution in [2.45, 2.75) is 19.4 Å². The Hall–Kier alpha value is -1.82. The predicted molar refractivity (Wildman–Crippen MR) is 77.6 cm³/mol. The fraction of sp³-hybridized carbons (Fsp3) is 0.357. The van der Waals surface area contributed by atoms with Crippen LogP contribution in [0.25, 0.3) is 10.9 Å². The number of aromatic nitrogens is 1. The van der Waals surface area contributed by atoms with Gasteiger partial charge in [-0.2, -0.15) is 0 Å². The second-order valence-corrected chi connectivity index (χ2v) is 7.58. The first-order valence-corrected chi connectivity index (χ1v) is 8.36. The summed E-state index contributed by atoms with van der Waals surface area (Å²) in [7, 11) is -2.98. The van der Waals surface area contributed by atoms with Crippen molar-refractivity contribution in [2.24, 2.45) is 0 Å². The molecule has 3 rings (SSSR count). The van der Waals surface area contributed by atoms with Gasteiger partial charge >= 0.3 is 0 Å². The van der Waals surface area contributed by atoms with Crippen LogP contribution in [0, 0.1) is 6.92 Å². The van der Waals surface area contributed by atoms with Gasteiger partial charge in [-0.25, -0.2) is 8.42 Å². The van der Waals surface area contributed by atoms with Gasteiger partial charge in [-0.15, -0.1) is 0 Å². The SMILES string of the molecule is Cc1ccc2[nH]c(C(=O)NC3CCS(=O)(=O)C3)cc2c1. The topological polar surface area (TPSA) is 79.0 Å². The molecule has 0 radical (unpaired) electrons. The summed E-state index contributed by atoms with van der Waals surface area (Å²) in [5.74, 6) is -0.0528. The minimum Gasteiger partial charge on any atom is -0.351 e. The minimum atomic E-state index is -2.98. The van der Waals surface area contributed by atoms with Gasteiger partial charge in [0.2, 0.25) is 0 Å². The molecule has 1 unspecified atom stereocenters. The summed E-state index contributed by atoms with van der Waals surface area (Å²) >= 11 is 0. The molecule has 106 valence electrons. The lowest BCUT2D eigenvalue weighted by Crippen LogP contribution is -2.35. The van der Waals surface area contributed by atoms with Gasteiger partial charge in [0.05, 0.1) is 11.5 Å². The lowest BCUT2D eigenvalue weighted by atomic mass is 10.2. The Morgan fingerprint density at radius 1 is 1.35 bits per heavy atom. The Morgan fingerprint density at radius 2 is 2.15 bits per heavy atom. The van der Waals surface area contributed by atoms with Crippen LogP contribution in [0.5, 0.6) is 0 Å². The Bertz CT molecular complexity index is 777. The van der Waals surface area contributed by atoms with E-state index >= 15 is 0 Å². The van der Waals surface area contributed by atoms with Gasteiger partial charge in [0.15, 0.2) is 9.84 Å². The third-order valence-electron chi connectivity index (χ3n) is 3.59. The summed E-state index contributed by atoms with van der Waals surface area (Å²) in [6.07, 6.45) is 0.493. The summed E-state index contributed by atoms with van der Waals surface area (Å²) in [6, 6.07) is 7.43. The molecular weight excluding hydrogens is 276 g/mol. The molecule has 20 heavy (non-hydrogen) atoms. The van der Waals surface area contributed by atoms with Crippen LogP contribution < -0.4 is 5.32 Å². The first-order chi connectivity index (χ1) is 9.43.